The molecule has 0 aromatic rings. The topological polar surface area (TPSA) is 37.4 Å². The zero-order chi connectivity index (χ0) is 9.42. The van der Waals surface area contributed by atoms with E-state index in [9.17, 15) is 9.59 Å². The Hall–Kier alpha value is -1.12. The maximum atomic E-state index is 11.4. The lowest BCUT2D eigenvalue weighted by atomic mass is 9.85. The summed E-state index contributed by atoms with van der Waals surface area (Å²) < 4.78 is 0. The molecule has 1 saturated carbocycles. The number of carbonyl (C=O) groups excluding carboxylic acids is 2. The van der Waals surface area contributed by atoms with E-state index in [1.807, 2.05) is 0 Å². The van der Waals surface area contributed by atoms with Crippen molar-refractivity contribution in [3.05, 3.63) is 11.6 Å². The van der Waals surface area contributed by atoms with Crippen molar-refractivity contribution < 1.29 is 9.59 Å². The second-order valence-electron chi connectivity index (χ2n) is 3.88. The van der Waals surface area contributed by atoms with Gasteiger partial charge in [-0.1, -0.05) is 6.42 Å². The first-order valence-corrected chi connectivity index (χ1v) is 4.72. The van der Waals surface area contributed by atoms with Gasteiger partial charge in [0.05, 0.1) is 0 Å². The minimum absolute atomic E-state index is 0.100. The summed E-state index contributed by atoms with van der Waals surface area (Å²) in [4.78, 5) is 24.1. The zero-order valence-electron chi connectivity index (χ0n) is 7.75. The Labute approximate surface area is 77.4 Å². The molecule has 0 aromatic carbocycles. The van der Waals surface area contributed by atoms with Crippen LogP contribution in [-0.2, 0) is 9.59 Å². The molecule has 2 amide bonds. The molecule has 3 heteroatoms. The Kier molecular flexibility index (Phi) is 1.94. The van der Waals surface area contributed by atoms with Crippen molar-refractivity contribution in [3.63, 3.8) is 0 Å². The van der Waals surface area contributed by atoms with Crippen molar-refractivity contribution in [2.75, 3.05) is 6.54 Å². The van der Waals surface area contributed by atoms with Crippen molar-refractivity contribution in [1.82, 2.24) is 4.90 Å². The lowest BCUT2D eigenvalue weighted by Gasteiger charge is -2.29. The smallest absolute Gasteiger partial charge is 0.256 e. The highest BCUT2D eigenvalue weighted by atomic mass is 16.2. The van der Waals surface area contributed by atoms with E-state index in [0.717, 1.165) is 12.8 Å². The SMILES string of the molecule is CC1=CC(=O)N(CC2CCC2)C1=O. The summed E-state index contributed by atoms with van der Waals surface area (Å²) in [5.41, 5.74) is 0.573. The maximum Gasteiger partial charge on any atom is 0.256 e. The summed E-state index contributed by atoms with van der Waals surface area (Å²) >= 11 is 0. The predicted octanol–water partition coefficient (Wildman–Crippen LogP) is 1.10. The van der Waals surface area contributed by atoms with Crippen LogP contribution in [-0.4, -0.2) is 23.3 Å². The van der Waals surface area contributed by atoms with Crippen LogP contribution in [0.2, 0.25) is 0 Å². The van der Waals surface area contributed by atoms with Gasteiger partial charge in [-0.3, -0.25) is 14.5 Å². The van der Waals surface area contributed by atoms with Crippen LogP contribution in [0.15, 0.2) is 11.6 Å². The molecule has 1 aliphatic carbocycles. The molecule has 1 aliphatic heterocycles. The highest BCUT2D eigenvalue weighted by Crippen LogP contribution is 2.28. The van der Waals surface area contributed by atoms with Gasteiger partial charge in [-0.25, -0.2) is 0 Å². The van der Waals surface area contributed by atoms with Crippen LogP contribution in [0.4, 0.5) is 0 Å². The molecule has 70 valence electrons. The molecule has 0 saturated heterocycles. The fourth-order valence-corrected chi connectivity index (χ4v) is 1.74. The van der Waals surface area contributed by atoms with Crippen LogP contribution in [0.3, 0.4) is 0 Å². The average Bonchev–Trinajstić information content (AvgIpc) is 2.21. The molecule has 2 rings (SSSR count). The van der Waals surface area contributed by atoms with Gasteiger partial charge in [0.1, 0.15) is 0 Å². The summed E-state index contributed by atoms with van der Waals surface area (Å²) in [6, 6.07) is 0. The minimum atomic E-state index is -0.130. The molecule has 0 aromatic heterocycles. The normalized spacial score (nSPS) is 23.5. The maximum absolute atomic E-state index is 11.4. The Morgan fingerprint density at radius 1 is 1.46 bits per heavy atom. The number of imide groups is 1. The van der Waals surface area contributed by atoms with Gasteiger partial charge in [0.2, 0.25) is 0 Å². The van der Waals surface area contributed by atoms with Crippen LogP contribution in [0.25, 0.3) is 0 Å². The molecule has 13 heavy (non-hydrogen) atoms. The summed E-state index contributed by atoms with van der Waals surface area (Å²) in [5.74, 6) is 0.332. The number of hydrogen-bond donors (Lipinski definition) is 0. The lowest BCUT2D eigenvalue weighted by Crippen LogP contribution is -2.37. The summed E-state index contributed by atoms with van der Waals surface area (Å²) in [6.45, 7) is 2.33. The van der Waals surface area contributed by atoms with Crippen molar-refractivity contribution in [2.24, 2.45) is 5.92 Å². The van der Waals surface area contributed by atoms with Gasteiger partial charge in [0.15, 0.2) is 0 Å². The van der Waals surface area contributed by atoms with Crippen LogP contribution in [0, 0.1) is 5.92 Å². The van der Waals surface area contributed by atoms with Gasteiger partial charge >= 0.3 is 0 Å². The van der Waals surface area contributed by atoms with E-state index < -0.39 is 0 Å². The van der Waals surface area contributed by atoms with E-state index in [-0.39, 0.29) is 11.8 Å². The van der Waals surface area contributed by atoms with Crippen molar-refractivity contribution in [2.45, 2.75) is 26.2 Å². The first kappa shape index (κ1) is 8.48. The number of nitrogens with zero attached hydrogens (tertiary/aromatic N) is 1. The number of hydrogen-bond acceptors (Lipinski definition) is 2. The fourth-order valence-electron chi connectivity index (χ4n) is 1.74. The summed E-state index contributed by atoms with van der Waals surface area (Å²) in [6.07, 6.45) is 5.00. The number of amides is 2. The molecule has 2 aliphatic rings. The monoisotopic (exact) mass is 179 g/mol. The summed E-state index contributed by atoms with van der Waals surface area (Å²) in [7, 11) is 0. The van der Waals surface area contributed by atoms with Gasteiger partial charge in [0, 0.05) is 18.2 Å². The predicted molar refractivity (Wildman–Crippen MR) is 47.8 cm³/mol. The second-order valence-corrected chi connectivity index (χ2v) is 3.88. The van der Waals surface area contributed by atoms with E-state index in [0.29, 0.717) is 18.0 Å². The highest BCUT2D eigenvalue weighted by molar-refractivity contribution is 6.15. The quantitative estimate of drug-likeness (QED) is 0.595. The fraction of sp³-hybridized carbons (Fsp3) is 0.600. The molecular weight excluding hydrogens is 166 g/mol. The van der Waals surface area contributed by atoms with E-state index >= 15 is 0 Å². The summed E-state index contributed by atoms with van der Waals surface area (Å²) in [5, 5.41) is 0. The van der Waals surface area contributed by atoms with Crippen LogP contribution < -0.4 is 0 Å². The molecular formula is C10H13NO2. The average molecular weight is 179 g/mol. The van der Waals surface area contributed by atoms with Gasteiger partial charge in [-0.15, -0.1) is 0 Å². The molecule has 1 heterocycles. The Morgan fingerprint density at radius 3 is 2.54 bits per heavy atom. The van der Waals surface area contributed by atoms with Crippen LogP contribution in [0.1, 0.15) is 26.2 Å². The number of carbonyl (C=O) groups is 2. The van der Waals surface area contributed by atoms with Crippen molar-refractivity contribution >= 4 is 11.8 Å². The molecule has 3 nitrogen and oxygen atoms in total. The standard InChI is InChI=1S/C10H13NO2/c1-7-5-9(12)11(10(7)13)6-8-3-2-4-8/h5,8H,2-4,6H2,1H3. The molecule has 0 atom stereocenters. The first-order chi connectivity index (χ1) is 6.18. The molecule has 1 fully saturated rings. The Morgan fingerprint density at radius 2 is 2.15 bits per heavy atom. The Balaban J connectivity index is 2.00. The van der Waals surface area contributed by atoms with E-state index in [4.69, 9.17) is 0 Å². The first-order valence-electron chi connectivity index (χ1n) is 4.72. The van der Waals surface area contributed by atoms with Gasteiger partial charge in [-0.2, -0.15) is 0 Å². The third-order valence-corrected chi connectivity index (χ3v) is 2.85. The molecule has 0 unspecified atom stereocenters. The molecule has 0 spiro atoms. The van der Waals surface area contributed by atoms with Gasteiger partial charge < -0.3 is 0 Å². The van der Waals surface area contributed by atoms with E-state index in [1.165, 1.54) is 17.4 Å². The molecule has 0 radical (unpaired) electrons. The molecule has 0 N–H and O–H groups in total. The highest BCUT2D eigenvalue weighted by Gasteiger charge is 2.31. The van der Waals surface area contributed by atoms with E-state index in [1.54, 1.807) is 6.92 Å². The third kappa shape index (κ3) is 1.39. The zero-order valence-corrected chi connectivity index (χ0v) is 7.75. The number of rotatable bonds is 2. The van der Waals surface area contributed by atoms with Gasteiger partial charge in [0.25, 0.3) is 11.8 Å². The Bertz CT molecular complexity index is 289. The minimum Gasteiger partial charge on any atom is -0.275 e. The van der Waals surface area contributed by atoms with Crippen LogP contribution in [0.5, 0.6) is 0 Å². The van der Waals surface area contributed by atoms with E-state index in [2.05, 4.69) is 0 Å². The molecule has 0 bridgehead atoms. The lowest BCUT2D eigenvalue weighted by molar-refractivity contribution is -0.138. The van der Waals surface area contributed by atoms with Crippen molar-refractivity contribution in [1.29, 1.82) is 0 Å². The van der Waals surface area contributed by atoms with Crippen LogP contribution >= 0.6 is 0 Å². The largest absolute Gasteiger partial charge is 0.275 e. The third-order valence-electron chi connectivity index (χ3n) is 2.85. The second kappa shape index (κ2) is 2.98. The van der Waals surface area contributed by atoms with Crippen molar-refractivity contribution in [3.8, 4) is 0 Å². The van der Waals surface area contributed by atoms with Gasteiger partial charge in [-0.05, 0) is 25.7 Å².